The Morgan fingerprint density at radius 3 is 2.15 bits per heavy atom. The molecule has 9 heteroatoms. The van der Waals surface area contributed by atoms with Crippen LogP contribution in [-0.4, -0.2) is 59.5 Å². The van der Waals surface area contributed by atoms with Gasteiger partial charge in [-0.3, -0.25) is 9.48 Å². The van der Waals surface area contributed by atoms with Crippen LogP contribution in [-0.2, 0) is 17.3 Å². The highest BCUT2D eigenvalue weighted by molar-refractivity contribution is 7.86. The van der Waals surface area contributed by atoms with Gasteiger partial charge in [-0.15, -0.1) is 0 Å². The van der Waals surface area contributed by atoms with Crippen LogP contribution in [0.1, 0.15) is 21.7 Å². The number of aryl methyl sites for hydroxylation is 2. The van der Waals surface area contributed by atoms with Gasteiger partial charge in [0, 0.05) is 38.9 Å². The number of carbonyl (C=O) groups excluding carboxylic acids is 1. The molecular formula is C11H19N5O3S. The molecule has 1 aromatic heterocycles. The Bertz CT molecular complexity index is 629. The van der Waals surface area contributed by atoms with Crippen LogP contribution in [0, 0.1) is 13.8 Å². The highest BCUT2D eigenvalue weighted by atomic mass is 32.2. The summed E-state index contributed by atoms with van der Waals surface area (Å²) in [6.45, 7) is 4.76. The Morgan fingerprint density at radius 1 is 1.20 bits per heavy atom. The van der Waals surface area contributed by atoms with E-state index in [1.807, 2.05) is 6.92 Å². The summed E-state index contributed by atoms with van der Waals surface area (Å²) in [4.78, 5) is 14.1. The third-order valence-electron chi connectivity index (χ3n) is 3.61. The maximum absolute atomic E-state index is 12.5. The minimum Gasteiger partial charge on any atom is -0.336 e. The first-order valence-corrected chi connectivity index (χ1v) is 7.79. The van der Waals surface area contributed by atoms with Gasteiger partial charge in [0.05, 0.1) is 11.3 Å². The number of piperazine rings is 1. The lowest BCUT2D eigenvalue weighted by atomic mass is 10.1. The number of carbonyl (C=O) groups is 1. The minimum absolute atomic E-state index is 0.109. The van der Waals surface area contributed by atoms with Crippen molar-refractivity contribution in [2.75, 3.05) is 26.2 Å². The predicted octanol–water partition coefficient (Wildman–Crippen LogP) is -1.00. The van der Waals surface area contributed by atoms with E-state index < -0.39 is 10.2 Å². The van der Waals surface area contributed by atoms with Crippen molar-refractivity contribution in [2.24, 2.45) is 12.2 Å². The second-order valence-electron chi connectivity index (χ2n) is 4.91. The Morgan fingerprint density at radius 2 is 1.75 bits per heavy atom. The predicted molar refractivity (Wildman–Crippen MR) is 73.3 cm³/mol. The molecule has 0 bridgehead atoms. The van der Waals surface area contributed by atoms with Gasteiger partial charge in [0.2, 0.25) is 0 Å². The fourth-order valence-electron chi connectivity index (χ4n) is 2.39. The van der Waals surface area contributed by atoms with Crippen molar-refractivity contribution in [3.8, 4) is 0 Å². The van der Waals surface area contributed by atoms with Gasteiger partial charge in [-0.05, 0) is 13.8 Å². The smallest absolute Gasteiger partial charge is 0.277 e. The molecule has 1 aliphatic heterocycles. The molecule has 0 atom stereocenters. The zero-order chi connectivity index (χ0) is 15.1. The van der Waals surface area contributed by atoms with Crippen molar-refractivity contribution in [3.63, 3.8) is 0 Å². The van der Waals surface area contributed by atoms with Gasteiger partial charge in [0.1, 0.15) is 0 Å². The summed E-state index contributed by atoms with van der Waals surface area (Å²) >= 11 is 0. The zero-order valence-electron chi connectivity index (χ0n) is 11.8. The van der Waals surface area contributed by atoms with E-state index in [1.54, 1.807) is 23.6 Å². The molecule has 0 aromatic carbocycles. The molecule has 2 N–H and O–H groups in total. The molecule has 0 radical (unpaired) electrons. The maximum atomic E-state index is 12.5. The molecule has 2 heterocycles. The minimum atomic E-state index is -3.67. The van der Waals surface area contributed by atoms with Gasteiger partial charge in [0.15, 0.2) is 0 Å². The van der Waals surface area contributed by atoms with Gasteiger partial charge in [-0.2, -0.15) is 17.8 Å². The van der Waals surface area contributed by atoms with Gasteiger partial charge in [0.25, 0.3) is 16.1 Å². The Kier molecular flexibility index (Phi) is 3.85. The number of nitrogens with two attached hydrogens (primary N) is 1. The molecule has 1 aliphatic rings. The van der Waals surface area contributed by atoms with Crippen LogP contribution in [0.15, 0.2) is 0 Å². The number of hydrogen-bond donors (Lipinski definition) is 1. The Balaban J connectivity index is 2.13. The van der Waals surface area contributed by atoms with Crippen molar-refractivity contribution in [3.05, 3.63) is 17.0 Å². The van der Waals surface area contributed by atoms with Crippen LogP contribution in [0.2, 0.25) is 0 Å². The third-order valence-corrected chi connectivity index (χ3v) is 4.69. The fraction of sp³-hybridized carbons (Fsp3) is 0.636. The van der Waals surface area contributed by atoms with E-state index in [0.717, 1.165) is 5.69 Å². The topological polar surface area (TPSA) is 102 Å². The molecular weight excluding hydrogens is 282 g/mol. The van der Waals surface area contributed by atoms with Crippen LogP contribution < -0.4 is 5.14 Å². The average Bonchev–Trinajstić information content (AvgIpc) is 2.62. The van der Waals surface area contributed by atoms with Crippen molar-refractivity contribution in [1.82, 2.24) is 19.0 Å². The average molecular weight is 301 g/mol. The second-order valence-corrected chi connectivity index (χ2v) is 6.45. The molecule has 112 valence electrons. The summed E-state index contributed by atoms with van der Waals surface area (Å²) in [6, 6.07) is 0. The molecule has 0 unspecified atom stereocenters. The van der Waals surface area contributed by atoms with Gasteiger partial charge >= 0.3 is 0 Å². The van der Waals surface area contributed by atoms with Crippen LogP contribution in [0.3, 0.4) is 0 Å². The van der Waals surface area contributed by atoms with Gasteiger partial charge in [-0.25, -0.2) is 5.14 Å². The van der Waals surface area contributed by atoms with Crippen LogP contribution in [0.25, 0.3) is 0 Å². The summed E-state index contributed by atoms with van der Waals surface area (Å²) in [5.41, 5.74) is 2.09. The Hall–Kier alpha value is -1.45. The molecule has 0 saturated carbocycles. The first-order valence-electron chi connectivity index (χ1n) is 6.29. The van der Waals surface area contributed by atoms with Crippen molar-refractivity contribution >= 4 is 16.1 Å². The molecule has 2 rings (SSSR count). The van der Waals surface area contributed by atoms with Crippen molar-refractivity contribution < 1.29 is 13.2 Å². The number of amides is 1. The molecule has 1 fully saturated rings. The molecule has 20 heavy (non-hydrogen) atoms. The summed E-state index contributed by atoms with van der Waals surface area (Å²) in [6.07, 6.45) is 0. The molecule has 0 spiro atoms. The van der Waals surface area contributed by atoms with E-state index in [2.05, 4.69) is 5.10 Å². The SMILES string of the molecule is Cc1nn(C)c(C)c1C(=O)N1CCN(S(N)(=O)=O)CC1. The Labute approximate surface area is 118 Å². The molecule has 8 nitrogen and oxygen atoms in total. The zero-order valence-corrected chi connectivity index (χ0v) is 12.6. The van der Waals surface area contributed by atoms with E-state index in [4.69, 9.17) is 5.14 Å². The number of nitrogens with zero attached hydrogens (tertiary/aromatic N) is 4. The summed E-state index contributed by atoms with van der Waals surface area (Å²) in [5.74, 6) is -0.109. The van der Waals surface area contributed by atoms with E-state index in [1.165, 1.54) is 4.31 Å². The van der Waals surface area contributed by atoms with Crippen molar-refractivity contribution in [1.29, 1.82) is 0 Å². The largest absolute Gasteiger partial charge is 0.336 e. The standard InChI is InChI=1S/C11H19N5O3S/c1-8-10(9(2)14(3)13-8)11(17)15-4-6-16(7-5-15)20(12,18)19/h4-7H2,1-3H3,(H2,12,18,19). The second kappa shape index (κ2) is 5.15. The monoisotopic (exact) mass is 301 g/mol. The van der Waals surface area contributed by atoms with E-state index in [0.29, 0.717) is 24.3 Å². The highest BCUT2D eigenvalue weighted by Crippen LogP contribution is 2.16. The first-order chi connectivity index (χ1) is 9.21. The summed E-state index contributed by atoms with van der Waals surface area (Å²) in [5, 5.41) is 9.30. The lowest BCUT2D eigenvalue weighted by Gasteiger charge is -2.33. The number of hydrogen-bond acceptors (Lipinski definition) is 4. The maximum Gasteiger partial charge on any atom is 0.277 e. The highest BCUT2D eigenvalue weighted by Gasteiger charge is 2.29. The summed E-state index contributed by atoms with van der Waals surface area (Å²) < 4.78 is 25.3. The number of rotatable bonds is 2. The number of aromatic nitrogens is 2. The lowest BCUT2D eigenvalue weighted by molar-refractivity contribution is 0.0696. The first kappa shape index (κ1) is 14.9. The van der Waals surface area contributed by atoms with Crippen LogP contribution >= 0.6 is 0 Å². The van der Waals surface area contributed by atoms with E-state index >= 15 is 0 Å². The fourth-order valence-corrected chi connectivity index (χ4v) is 3.06. The summed E-state index contributed by atoms with van der Waals surface area (Å²) in [7, 11) is -1.88. The third kappa shape index (κ3) is 2.69. The quantitative estimate of drug-likeness (QED) is 0.757. The van der Waals surface area contributed by atoms with E-state index in [-0.39, 0.29) is 19.0 Å². The molecule has 0 aliphatic carbocycles. The molecule has 1 amide bonds. The van der Waals surface area contributed by atoms with Gasteiger partial charge in [-0.1, -0.05) is 0 Å². The molecule has 1 aromatic rings. The van der Waals surface area contributed by atoms with Crippen LogP contribution in [0.5, 0.6) is 0 Å². The van der Waals surface area contributed by atoms with Crippen LogP contribution in [0.4, 0.5) is 0 Å². The van der Waals surface area contributed by atoms with E-state index in [9.17, 15) is 13.2 Å². The lowest BCUT2D eigenvalue weighted by Crippen LogP contribution is -2.52. The molecule has 1 saturated heterocycles. The van der Waals surface area contributed by atoms with Crippen molar-refractivity contribution in [2.45, 2.75) is 13.8 Å². The normalized spacial score (nSPS) is 17.5. The van der Waals surface area contributed by atoms with Gasteiger partial charge < -0.3 is 4.90 Å².